The molecule has 0 aliphatic carbocycles. The highest BCUT2D eigenvalue weighted by atomic mass is 19.1. The zero-order chi connectivity index (χ0) is 21.8. The summed E-state index contributed by atoms with van der Waals surface area (Å²) in [7, 11) is 1.78. The minimum atomic E-state index is -0.261. The van der Waals surface area contributed by atoms with Gasteiger partial charge in [-0.15, -0.1) is 0 Å². The molecule has 1 atom stereocenters. The van der Waals surface area contributed by atoms with Crippen LogP contribution in [0.25, 0.3) is 0 Å². The number of aryl methyl sites for hydroxylation is 1. The van der Waals surface area contributed by atoms with Crippen LogP contribution in [0.1, 0.15) is 51.0 Å². The first kappa shape index (κ1) is 21.9. The zero-order valence-electron chi connectivity index (χ0n) is 18.4. The molecule has 1 N–H and O–H groups in total. The number of halogens is 1. The third kappa shape index (κ3) is 5.14. The molecule has 1 unspecified atom stereocenters. The molecule has 5 nitrogen and oxygen atoms in total. The molecule has 2 aromatic carbocycles. The van der Waals surface area contributed by atoms with Gasteiger partial charge < -0.3 is 14.4 Å². The van der Waals surface area contributed by atoms with Crippen molar-refractivity contribution in [1.29, 1.82) is 0 Å². The normalized spacial score (nSPS) is 18.5. The fourth-order valence-corrected chi connectivity index (χ4v) is 4.45. The SMILES string of the molecule is CNCOCc1ccc(Cc2cc3c(cc2C)CCN(CC2CCCO2)C3=O)cc1F. The van der Waals surface area contributed by atoms with Gasteiger partial charge in [0.1, 0.15) is 5.82 Å². The number of rotatable bonds is 8. The Morgan fingerprint density at radius 3 is 2.87 bits per heavy atom. The average molecular weight is 427 g/mol. The van der Waals surface area contributed by atoms with E-state index >= 15 is 0 Å². The summed E-state index contributed by atoms with van der Waals surface area (Å²) in [6, 6.07) is 9.43. The van der Waals surface area contributed by atoms with Crippen LogP contribution < -0.4 is 5.32 Å². The summed E-state index contributed by atoms with van der Waals surface area (Å²) in [5.74, 6) is -0.177. The molecule has 166 valence electrons. The van der Waals surface area contributed by atoms with Crippen LogP contribution in [0.15, 0.2) is 30.3 Å². The van der Waals surface area contributed by atoms with Crippen LogP contribution in [0.2, 0.25) is 0 Å². The Balaban J connectivity index is 1.49. The number of fused-ring (bicyclic) bond motifs is 1. The monoisotopic (exact) mass is 426 g/mol. The largest absolute Gasteiger partial charge is 0.376 e. The maximum absolute atomic E-state index is 14.5. The number of carbonyl (C=O) groups excluding carboxylic acids is 1. The summed E-state index contributed by atoms with van der Waals surface area (Å²) < 4.78 is 25.6. The van der Waals surface area contributed by atoms with Crippen molar-refractivity contribution in [3.05, 3.63) is 69.5 Å². The molecule has 6 heteroatoms. The van der Waals surface area contributed by atoms with Crippen LogP contribution >= 0.6 is 0 Å². The first-order valence-corrected chi connectivity index (χ1v) is 11.1. The fraction of sp³-hybridized carbons (Fsp3) is 0.480. The molecule has 0 bridgehead atoms. The van der Waals surface area contributed by atoms with Crippen molar-refractivity contribution < 1.29 is 18.7 Å². The van der Waals surface area contributed by atoms with E-state index in [-0.39, 0.29) is 24.4 Å². The Morgan fingerprint density at radius 1 is 1.26 bits per heavy atom. The van der Waals surface area contributed by atoms with Gasteiger partial charge in [0.2, 0.25) is 0 Å². The summed E-state index contributed by atoms with van der Waals surface area (Å²) in [4.78, 5) is 15.1. The number of benzene rings is 2. The fourth-order valence-electron chi connectivity index (χ4n) is 4.45. The van der Waals surface area contributed by atoms with Crippen molar-refractivity contribution in [2.24, 2.45) is 0 Å². The highest BCUT2D eigenvalue weighted by Gasteiger charge is 2.28. The third-order valence-corrected chi connectivity index (χ3v) is 6.19. The second kappa shape index (κ2) is 9.90. The Bertz CT molecular complexity index is 941. The minimum absolute atomic E-state index is 0.0845. The van der Waals surface area contributed by atoms with Gasteiger partial charge in [-0.1, -0.05) is 18.2 Å². The second-order valence-electron chi connectivity index (χ2n) is 8.52. The predicted octanol–water partition coefficient (Wildman–Crippen LogP) is 3.60. The molecule has 1 saturated heterocycles. The van der Waals surface area contributed by atoms with Crippen LogP contribution in [-0.4, -0.2) is 50.4 Å². The standard InChI is InChI=1S/C25H31FN2O3/c1-17-10-19-7-8-28(14-22-4-3-9-31-22)25(29)23(19)13-21(17)11-18-5-6-20(24(26)12-18)15-30-16-27-2/h5-6,10,12-13,22,27H,3-4,7-9,11,14-16H2,1-2H3. The van der Waals surface area contributed by atoms with E-state index in [9.17, 15) is 9.18 Å². The van der Waals surface area contributed by atoms with Crippen molar-refractivity contribution in [3.8, 4) is 0 Å². The van der Waals surface area contributed by atoms with Crippen LogP contribution in [-0.2, 0) is 28.9 Å². The molecule has 0 saturated carbocycles. The molecule has 2 aromatic rings. The van der Waals surface area contributed by atoms with Gasteiger partial charge in [0.05, 0.1) is 19.4 Å². The highest BCUT2D eigenvalue weighted by molar-refractivity contribution is 5.97. The van der Waals surface area contributed by atoms with E-state index in [1.807, 2.05) is 17.0 Å². The third-order valence-electron chi connectivity index (χ3n) is 6.19. The van der Waals surface area contributed by atoms with Crippen molar-refractivity contribution in [1.82, 2.24) is 10.2 Å². The molecular weight excluding hydrogens is 395 g/mol. The van der Waals surface area contributed by atoms with E-state index in [4.69, 9.17) is 9.47 Å². The maximum Gasteiger partial charge on any atom is 0.254 e. The molecule has 31 heavy (non-hydrogen) atoms. The topological polar surface area (TPSA) is 50.8 Å². The number of amides is 1. The Labute approximate surface area is 183 Å². The minimum Gasteiger partial charge on any atom is -0.376 e. The molecule has 0 spiro atoms. The lowest BCUT2D eigenvalue weighted by molar-refractivity contribution is 0.0510. The van der Waals surface area contributed by atoms with E-state index in [0.29, 0.717) is 25.3 Å². The van der Waals surface area contributed by atoms with Gasteiger partial charge in [-0.25, -0.2) is 4.39 Å². The molecule has 0 radical (unpaired) electrons. The van der Waals surface area contributed by atoms with Gasteiger partial charge in [-0.05, 0) is 74.0 Å². The van der Waals surface area contributed by atoms with Crippen LogP contribution in [0, 0.1) is 12.7 Å². The number of hydrogen-bond donors (Lipinski definition) is 1. The van der Waals surface area contributed by atoms with E-state index in [1.165, 1.54) is 0 Å². The van der Waals surface area contributed by atoms with Gasteiger partial charge in [-0.3, -0.25) is 10.1 Å². The summed E-state index contributed by atoms with van der Waals surface area (Å²) in [5, 5.41) is 2.88. The molecule has 0 aromatic heterocycles. The number of nitrogens with zero attached hydrogens (tertiary/aromatic N) is 1. The van der Waals surface area contributed by atoms with Gasteiger partial charge in [-0.2, -0.15) is 0 Å². The first-order valence-electron chi connectivity index (χ1n) is 11.1. The summed E-state index contributed by atoms with van der Waals surface area (Å²) in [6.07, 6.45) is 3.72. The zero-order valence-corrected chi connectivity index (χ0v) is 18.4. The van der Waals surface area contributed by atoms with Crippen molar-refractivity contribution in [2.75, 3.05) is 33.5 Å². The molecule has 2 aliphatic heterocycles. The van der Waals surface area contributed by atoms with Gasteiger partial charge in [0.25, 0.3) is 5.91 Å². The van der Waals surface area contributed by atoms with E-state index in [0.717, 1.165) is 60.2 Å². The van der Waals surface area contributed by atoms with Crippen LogP contribution in [0.4, 0.5) is 4.39 Å². The molecular formula is C25H31FN2O3. The van der Waals surface area contributed by atoms with Gasteiger partial charge >= 0.3 is 0 Å². The molecule has 1 amide bonds. The Morgan fingerprint density at radius 2 is 2.13 bits per heavy atom. The first-order chi connectivity index (χ1) is 15.0. The summed E-state index contributed by atoms with van der Waals surface area (Å²) in [6.45, 7) is 4.89. The molecule has 1 fully saturated rings. The maximum atomic E-state index is 14.5. The van der Waals surface area contributed by atoms with Crippen molar-refractivity contribution in [3.63, 3.8) is 0 Å². The molecule has 2 heterocycles. The van der Waals surface area contributed by atoms with Gasteiger partial charge in [0, 0.05) is 30.8 Å². The summed E-state index contributed by atoms with van der Waals surface area (Å²) >= 11 is 0. The Kier molecular flexibility index (Phi) is 7.00. The van der Waals surface area contributed by atoms with E-state index < -0.39 is 0 Å². The lowest BCUT2D eigenvalue weighted by Gasteiger charge is -2.31. The Hall–Kier alpha value is -2.28. The van der Waals surface area contributed by atoms with E-state index in [2.05, 4.69) is 18.3 Å². The van der Waals surface area contributed by atoms with E-state index in [1.54, 1.807) is 19.2 Å². The number of hydrogen-bond acceptors (Lipinski definition) is 4. The summed E-state index contributed by atoms with van der Waals surface area (Å²) in [5.41, 5.74) is 5.52. The van der Waals surface area contributed by atoms with Crippen molar-refractivity contribution in [2.45, 2.75) is 45.3 Å². The molecule has 2 aliphatic rings. The quantitative estimate of drug-likeness (QED) is 0.518. The van der Waals surface area contributed by atoms with Crippen molar-refractivity contribution >= 4 is 5.91 Å². The van der Waals surface area contributed by atoms with Crippen LogP contribution in [0.5, 0.6) is 0 Å². The molecule has 4 rings (SSSR count). The lowest BCUT2D eigenvalue weighted by Crippen LogP contribution is -2.42. The highest BCUT2D eigenvalue weighted by Crippen LogP contribution is 2.26. The lowest BCUT2D eigenvalue weighted by atomic mass is 9.90. The predicted molar refractivity (Wildman–Crippen MR) is 118 cm³/mol. The van der Waals surface area contributed by atoms with Crippen LogP contribution in [0.3, 0.4) is 0 Å². The number of ether oxygens (including phenoxy) is 2. The second-order valence-corrected chi connectivity index (χ2v) is 8.52. The number of nitrogens with one attached hydrogen (secondary N) is 1. The smallest absolute Gasteiger partial charge is 0.254 e. The van der Waals surface area contributed by atoms with Gasteiger partial charge in [0.15, 0.2) is 0 Å². The number of carbonyl (C=O) groups is 1. The average Bonchev–Trinajstić information content (AvgIpc) is 3.26.